The van der Waals surface area contributed by atoms with Gasteiger partial charge in [0.15, 0.2) is 0 Å². The number of hydrogen-bond donors (Lipinski definition) is 2. The molecule has 4 nitrogen and oxygen atoms in total. The van der Waals surface area contributed by atoms with Crippen LogP contribution in [0.3, 0.4) is 0 Å². The Morgan fingerprint density at radius 1 is 1.54 bits per heavy atom. The molecule has 0 fully saturated rings. The molecule has 0 spiro atoms. The molecule has 0 aliphatic carbocycles. The molecule has 0 aromatic rings. The van der Waals surface area contributed by atoms with Crippen LogP contribution >= 0.6 is 0 Å². The van der Waals surface area contributed by atoms with Gasteiger partial charge in [-0.3, -0.25) is 4.79 Å². The second-order valence-electron chi connectivity index (χ2n) is 3.17. The van der Waals surface area contributed by atoms with Gasteiger partial charge in [0.2, 0.25) is 0 Å². The molecule has 0 radical (unpaired) electrons. The molecule has 4 heteroatoms. The van der Waals surface area contributed by atoms with E-state index in [0.29, 0.717) is 19.6 Å². The maximum absolute atomic E-state index is 10.6. The standard InChI is InChI=1S/C9H19NO3/c1-4-8(9(11)12)10-5-6-13-7(2)3/h7-8,10H,4-6H2,1-3H3,(H,11,12). The van der Waals surface area contributed by atoms with E-state index in [4.69, 9.17) is 9.84 Å². The number of carboxylic acid groups (broad SMARTS) is 1. The average Bonchev–Trinajstić information content (AvgIpc) is 2.03. The second-order valence-corrected chi connectivity index (χ2v) is 3.17. The van der Waals surface area contributed by atoms with Gasteiger partial charge in [0, 0.05) is 6.54 Å². The van der Waals surface area contributed by atoms with Gasteiger partial charge in [0.05, 0.1) is 12.7 Å². The molecule has 0 aliphatic rings. The molecule has 0 rings (SSSR count). The highest BCUT2D eigenvalue weighted by Crippen LogP contribution is 1.91. The summed E-state index contributed by atoms with van der Waals surface area (Å²) in [6.07, 6.45) is 0.795. The number of carbonyl (C=O) groups is 1. The first-order valence-corrected chi connectivity index (χ1v) is 4.65. The maximum atomic E-state index is 10.6. The molecule has 0 amide bonds. The summed E-state index contributed by atoms with van der Waals surface area (Å²) >= 11 is 0. The van der Waals surface area contributed by atoms with E-state index < -0.39 is 12.0 Å². The summed E-state index contributed by atoms with van der Waals surface area (Å²) < 4.78 is 5.26. The molecule has 2 N–H and O–H groups in total. The van der Waals surface area contributed by atoms with Crippen LogP contribution in [0.15, 0.2) is 0 Å². The molecule has 0 bridgehead atoms. The minimum Gasteiger partial charge on any atom is -0.480 e. The number of aliphatic carboxylic acids is 1. The van der Waals surface area contributed by atoms with Gasteiger partial charge in [0.1, 0.15) is 6.04 Å². The van der Waals surface area contributed by atoms with Crippen LogP contribution < -0.4 is 5.32 Å². The number of hydrogen-bond acceptors (Lipinski definition) is 3. The van der Waals surface area contributed by atoms with E-state index in [1.807, 2.05) is 20.8 Å². The van der Waals surface area contributed by atoms with Crippen molar-refractivity contribution in [1.29, 1.82) is 0 Å². The summed E-state index contributed by atoms with van der Waals surface area (Å²) in [6.45, 7) is 6.89. The zero-order valence-electron chi connectivity index (χ0n) is 8.54. The first kappa shape index (κ1) is 12.4. The maximum Gasteiger partial charge on any atom is 0.320 e. The van der Waals surface area contributed by atoms with Crippen LogP contribution in [0.1, 0.15) is 27.2 Å². The summed E-state index contributed by atoms with van der Waals surface area (Å²) in [5.41, 5.74) is 0. The Hall–Kier alpha value is -0.610. The molecule has 13 heavy (non-hydrogen) atoms. The summed E-state index contributed by atoms with van der Waals surface area (Å²) in [7, 11) is 0. The lowest BCUT2D eigenvalue weighted by molar-refractivity contribution is -0.139. The molecule has 1 unspecified atom stereocenters. The van der Waals surface area contributed by atoms with Crippen LogP contribution in [-0.2, 0) is 9.53 Å². The molecule has 0 heterocycles. The van der Waals surface area contributed by atoms with Gasteiger partial charge < -0.3 is 15.2 Å². The minimum absolute atomic E-state index is 0.201. The van der Waals surface area contributed by atoms with E-state index in [2.05, 4.69) is 5.32 Å². The van der Waals surface area contributed by atoms with Gasteiger partial charge in [-0.15, -0.1) is 0 Å². The van der Waals surface area contributed by atoms with Gasteiger partial charge in [-0.2, -0.15) is 0 Å². The molecule has 0 aromatic carbocycles. The normalized spacial score (nSPS) is 13.2. The largest absolute Gasteiger partial charge is 0.480 e. The fourth-order valence-corrected chi connectivity index (χ4v) is 0.934. The van der Waals surface area contributed by atoms with E-state index in [-0.39, 0.29) is 6.10 Å². The van der Waals surface area contributed by atoms with Gasteiger partial charge in [0.25, 0.3) is 0 Å². The Kier molecular flexibility index (Phi) is 6.54. The van der Waals surface area contributed by atoms with Crippen molar-refractivity contribution in [3.8, 4) is 0 Å². The third-order valence-electron chi connectivity index (χ3n) is 1.65. The average molecular weight is 189 g/mol. The molecule has 78 valence electrons. The fraction of sp³-hybridized carbons (Fsp3) is 0.889. The number of rotatable bonds is 7. The molecule has 1 atom stereocenters. The van der Waals surface area contributed by atoms with E-state index in [1.54, 1.807) is 0 Å². The number of carboxylic acids is 1. The number of nitrogens with one attached hydrogen (secondary N) is 1. The Labute approximate surface area is 79.3 Å². The fourth-order valence-electron chi connectivity index (χ4n) is 0.934. The SMILES string of the molecule is CCC(NCCOC(C)C)C(=O)O. The molecule has 0 saturated carbocycles. The quantitative estimate of drug-likeness (QED) is 0.583. The number of ether oxygens (including phenoxy) is 1. The first-order chi connectivity index (χ1) is 6.07. The first-order valence-electron chi connectivity index (χ1n) is 4.65. The minimum atomic E-state index is -0.799. The van der Waals surface area contributed by atoms with E-state index >= 15 is 0 Å². The predicted molar refractivity (Wildman–Crippen MR) is 50.8 cm³/mol. The summed E-state index contributed by atoms with van der Waals surface area (Å²) in [6, 6.07) is -0.448. The Morgan fingerprint density at radius 3 is 2.54 bits per heavy atom. The van der Waals surface area contributed by atoms with Crippen molar-refractivity contribution in [2.75, 3.05) is 13.2 Å². The Morgan fingerprint density at radius 2 is 2.15 bits per heavy atom. The monoisotopic (exact) mass is 189 g/mol. The zero-order valence-corrected chi connectivity index (χ0v) is 8.54. The van der Waals surface area contributed by atoms with Crippen molar-refractivity contribution >= 4 is 5.97 Å². The smallest absolute Gasteiger partial charge is 0.320 e. The highest BCUT2D eigenvalue weighted by Gasteiger charge is 2.12. The molecule has 0 aromatic heterocycles. The predicted octanol–water partition coefficient (Wildman–Crippen LogP) is 0.864. The van der Waals surface area contributed by atoms with Crippen LogP contribution in [0.2, 0.25) is 0 Å². The van der Waals surface area contributed by atoms with Crippen molar-refractivity contribution in [3.05, 3.63) is 0 Å². The molecule has 0 saturated heterocycles. The highest BCUT2D eigenvalue weighted by molar-refractivity contribution is 5.73. The topological polar surface area (TPSA) is 58.6 Å². The Bertz CT molecular complexity index is 148. The van der Waals surface area contributed by atoms with Crippen molar-refractivity contribution in [3.63, 3.8) is 0 Å². The van der Waals surface area contributed by atoms with E-state index in [1.165, 1.54) is 0 Å². The molecular formula is C9H19NO3. The molecular weight excluding hydrogens is 170 g/mol. The second kappa shape index (κ2) is 6.86. The van der Waals surface area contributed by atoms with Crippen LogP contribution in [0.4, 0.5) is 0 Å². The lowest BCUT2D eigenvalue weighted by atomic mass is 10.2. The lowest BCUT2D eigenvalue weighted by Crippen LogP contribution is -2.38. The van der Waals surface area contributed by atoms with Crippen molar-refractivity contribution < 1.29 is 14.6 Å². The van der Waals surface area contributed by atoms with Gasteiger partial charge >= 0.3 is 5.97 Å². The third kappa shape index (κ3) is 6.54. The van der Waals surface area contributed by atoms with Crippen LogP contribution in [-0.4, -0.2) is 36.4 Å². The van der Waals surface area contributed by atoms with Crippen molar-refractivity contribution in [2.24, 2.45) is 0 Å². The summed E-state index contributed by atoms with van der Waals surface area (Å²) in [4.78, 5) is 10.6. The van der Waals surface area contributed by atoms with Crippen LogP contribution in [0.5, 0.6) is 0 Å². The lowest BCUT2D eigenvalue weighted by Gasteiger charge is -2.13. The summed E-state index contributed by atoms with van der Waals surface area (Å²) in [5.74, 6) is -0.799. The Balaban J connectivity index is 3.44. The van der Waals surface area contributed by atoms with E-state index in [0.717, 1.165) is 0 Å². The van der Waals surface area contributed by atoms with E-state index in [9.17, 15) is 4.79 Å². The van der Waals surface area contributed by atoms with Crippen LogP contribution in [0, 0.1) is 0 Å². The third-order valence-corrected chi connectivity index (χ3v) is 1.65. The van der Waals surface area contributed by atoms with Gasteiger partial charge in [-0.05, 0) is 20.3 Å². The summed E-state index contributed by atoms with van der Waals surface area (Å²) in [5, 5.41) is 11.6. The van der Waals surface area contributed by atoms with Gasteiger partial charge in [-0.1, -0.05) is 6.92 Å². The van der Waals surface area contributed by atoms with Gasteiger partial charge in [-0.25, -0.2) is 0 Å². The van der Waals surface area contributed by atoms with Crippen molar-refractivity contribution in [2.45, 2.75) is 39.3 Å². The molecule has 0 aliphatic heterocycles. The van der Waals surface area contributed by atoms with Crippen molar-refractivity contribution in [1.82, 2.24) is 5.32 Å². The highest BCUT2D eigenvalue weighted by atomic mass is 16.5. The van der Waals surface area contributed by atoms with Crippen LogP contribution in [0.25, 0.3) is 0 Å². The zero-order chi connectivity index (χ0) is 10.3.